The van der Waals surface area contributed by atoms with Crippen molar-refractivity contribution >= 4 is 17.7 Å². The lowest BCUT2D eigenvalue weighted by Gasteiger charge is -2.22. The van der Waals surface area contributed by atoms with Crippen molar-refractivity contribution in [2.24, 2.45) is 5.92 Å². The molecule has 104 valence electrons. The molecule has 0 radical (unpaired) electrons. The number of carboxylic acid groups (broad SMARTS) is 1. The van der Waals surface area contributed by atoms with Gasteiger partial charge < -0.3 is 5.11 Å². The van der Waals surface area contributed by atoms with Gasteiger partial charge in [0.1, 0.15) is 11.9 Å². The maximum Gasteiger partial charge on any atom is 0.321 e. The average molecular weight is 283 g/mol. The summed E-state index contributed by atoms with van der Waals surface area (Å²) in [5.74, 6) is -0.0637. The number of rotatable bonds is 5. The summed E-state index contributed by atoms with van der Waals surface area (Å²) in [5, 5.41) is 9.21. The summed E-state index contributed by atoms with van der Waals surface area (Å²) in [4.78, 5) is 13.8. The molecule has 0 amide bonds. The highest BCUT2D eigenvalue weighted by molar-refractivity contribution is 7.99. The normalized spacial score (nSPS) is 23.7. The van der Waals surface area contributed by atoms with Gasteiger partial charge in [0, 0.05) is 17.2 Å². The zero-order valence-corrected chi connectivity index (χ0v) is 11.7. The van der Waals surface area contributed by atoms with Crippen molar-refractivity contribution in [1.29, 1.82) is 0 Å². The molecule has 0 aliphatic carbocycles. The average Bonchev–Trinajstić information content (AvgIpc) is 2.73. The van der Waals surface area contributed by atoms with Gasteiger partial charge >= 0.3 is 5.97 Å². The topological polar surface area (TPSA) is 40.5 Å². The van der Waals surface area contributed by atoms with E-state index in [4.69, 9.17) is 0 Å². The molecule has 1 heterocycles. The summed E-state index contributed by atoms with van der Waals surface area (Å²) in [6.45, 7) is 3.47. The molecule has 1 aliphatic heterocycles. The summed E-state index contributed by atoms with van der Waals surface area (Å²) in [6.07, 6.45) is 0.918. The predicted molar refractivity (Wildman–Crippen MR) is 73.9 cm³/mol. The molecular formula is C14H18FNO2S. The van der Waals surface area contributed by atoms with Crippen LogP contribution in [0.3, 0.4) is 0 Å². The molecule has 1 aromatic carbocycles. The first-order valence-corrected chi connectivity index (χ1v) is 7.42. The minimum Gasteiger partial charge on any atom is -0.480 e. The number of hydrogen-bond donors (Lipinski definition) is 1. The van der Waals surface area contributed by atoms with Crippen LogP contribution in [0.15, 0.2) is 29.2 Å². The third-order valence-electron chi connectivity index (χ3n) is 3.53. The van der Waals surface area contributed by atoms with Crippen LogP contribution in [0.4, 0.5) is 4.39 Å². The summed E-state index contributed by atoms with van der Waals surface area (Å²) < 4.78 is 13.4. The minimum absolute atomic E-state index is 0.191. The molecule has 1 aromatic rings. The van der Waals surface area contributed by atoms with E-state index in [1.165, 1.54) is 17.8 Å². The van der Waals surface area contributed by atoms with Gasteiger partial charge in [0.2, 0.25) is 0 Å². The molecule has 1 aliphatic rings. The molecule has 1 fully saturated rings. The third kappa shape index (κ3) is 3.48. The van der Waals surface area contributed by atoms with E-state index in [0.717, 1.165) is 13.0 Å². The van der Waals surface area contributed by atoms with Crippen molar-refractivity contribution in [3.8, 4) is 0 Å². The predicted octanol–water partition coefficient (Wildman–Crippen LogP) is 2.71. The Kier molecular flexibility index (Phi) is 4.82. The van der Waals surface area contributed by atoms with Gasteiger partial charge in [0.15, 0.2) is 0 Å². The van der Waals surface area contributed by atoms with Gasteiger partial charge in [-0.15, -0.1) is 11.8 Å². The largest absolute Gasteiger partial charge is 0.480 e. The van der Waals surface area contributed by atoms with E-state index in [0.29, 0.717) is 17.2 Å². The monoisotopic (exact) mass is 283 g/mol. The quantitative estimate of drug-likeness (QED) is 0.844. The molecule has 0 spiro atoms. The van der Waals surface area contributed by atoms with E-state index in [2.05, 4.69) is 0 Å². The molecule has 0 aromatic heterocycles. The second-order valence-electron chi connectivity index (χ2n) is 4.86. The van der Waals surface area contributed by atoms with Gasteiger partial charge in [-0.05, 0) is 31.0 Å². The zero-order chi connectivity index (χ0) is 13.8. The van der Waals surface area contributed by atoms with E-state index >= 15 is 0 Å². The molecule has 5 heteroatoms. The lowest BCUT2D eigenvalue weighted by molar-refractivity contribution is -0.143. The van der Waals surface area contributed by atoms with Crippen LogP contribution in [0.2, 0.25) is 0 Å². The Morgan fingerprint density at radius 1 is 1.53 bits per heavy atom. The third-order valence-corrected chi connectivity index (χ3v) is 4.56. The van der Waals surface area contributed by atoms with Crippen LogP contribution < -0.4 is 0 Å². The molecular weight excluding hydrogens is 265 g/mol. The molecule has 2 rings (SSSR count). The SMILES string of the molecule is CC1CCN(CCSc2ccccc2F)C1C(=O)O. The van der Waals surface area contributed by atoms with Crippen LogP contribution >= 0.6 is 11.8 Å². The molecule has 2 atom stereocenters. The van der Waals surface area contributed by atoms with Crippen molar-refractivity contribution in [3.63, 3.8) is 0 Å². The minimum atomic E-state index is -0.749. The van der Waals surface area contributed by atoms with E-state index in [1.54, 1.807) is 12.1 Å². The Hall–Kier alpha value is -1.07. The van der Waals surface area contributed by atoms with E-state index < -0.39 is 5.97 Å². The smallest absolute Gasteiger partial charge is 0.321 e. The molecule has 1 N–H and O–H groups in total. The van der Waals surface area contributed by atoms with E-state index in [-0.39, 0.29) is 17.8 Å². The number of hydrogen-bond acceptors (Lipinski definition) is 3. The highest BCUT2D eigenvalue weighted by atomic mass is 32.2. The van der Waals surface area contributed by atoms with Crippen LogP contribution in [0.25, 0.3) is 0 Å². The van der Waals surface area contributed by atoms with Crippen molar-refractivity contribution in [2.45, 2.75) is 24.3 Å². The number of carboxylic acids is 1. The van der Waals surface area contributed by atoms with Crippen molar-refractivity contribution in [2.75, 3.05) is 18.8 Å². The molecule has 2 unspecified atom stereocenters. The van der Waals surface area contributed by atoms with Gasteiger partial charge in [0.25, 0.3) is 0 Å². The summed E-state index contributed by atoms with van der Waals surface area (Å²) >= 11 is 1.44. The Morgan fingerprint density at radius 3 is 2.95 bits per heavy atom. The van der Waals surface area contributed by atoms with Crippen LogP contribution in [-0.2, 0) is 4.79 Å². The summed E-state index contributed by atoms with van der Waals surface area (Å²) in [6, 6.07) is 6.29. The molecule has 3 nitrogen and oxygen atoms in total. The Morgan fingerprint density at radius 2 is 2.26 bits per heavy atom. The summed E-state index contributed by atoms with van der Waals surface area (Å²) in [5.41, 5.74) is 0. The van der Waals surface area contributed by atoms with Gasteiger partial charge in [-0.2, -0.15) is 0 Å². The lowest BCUT2D eigenvalue weighted by Crippen LogP contribution is -2.40. The first-order chi connectivity index (χ1) is 9.09. The Labute approximate surface area is 116 Å². The number of aliphatic carboxylic acids is 1. The first kappa shape index (κ1) is 14.3. The highest BCUT2D eigenvalue weighted by Gasteiger charge is 2.36. The van der Waals surface area contributed by atoms with Crippen LogP contribution in [0, 0.1) is 11.7 Å². The first-order valence-electron chi connectivity index (χ1n) is 6.44. The lowest BCUT2D eigenvalue weighted by atomic mass is 10.0. The summed E-state index contributed by atoms with van der Waals surface area (Å²) in [7, 11) is 0. The number of likely N-dealkylation sites (tertiary alicyclic amines) is 1. The van der Waals surface area contributed by atoms with Gasteiger partial charge in [-0.1, -0.05) is 19.1 Å². The number of carbonyl (C=O) groups is 1. The number of thioether (sulfide) groups is 1. The van der Waals surface area contributed by atoms with Crippen LogP contribution in [0.5, 0.6) is 0 Å². The van der Waals surface area contributed by atoms with Crippen LogP contribution in [-0.4, -0.2) is 40.9 Å². The number of nitrogens with zero attached hydrogens (tertiary/aromatic N) is 1. The van der Waals surface area contributed by atoms with E-state index in [1.807, 2.05) is 17.9 Å². The maximum absolute atomic E-state index is 13.4. The van der Waals surface area contributed by atoms with Gasteiger partial charge in [-0.3, -0.25) is 9.69 Å². The van der Waals surface area contributed by atoms with Gasteiger partial charge in [-0.25, -0.2) is 4.39 Å². The fraction of sp³-hybridized carbons (Fsp3) is 0.500. The second-order valence-corrected chi connectivity index (χ2v) is 6.00. The fourth-order valence-corrected chi connectivity index (χ4v) is 3.44. The number of benzene rings is 1. The Bertz CT molecular complexity index is 455. The highest BCUT2D eigenvalue weighted by Crippen LogP contribution is 2.26. The molecule has 1 saturated heterocycles. The molecule has 0 bridgehead atoms. The number of halogens is 1. The fourth-order valence-electron chi connectivity index (χ4n) is 2.51. The zero-order valence-electron chi connectivity index (χ0n) is 10.9. The van der Waals surface area contributed by atoms with Gasteiger partial charge in [0.05, 0.1) is 0 Å². The maximum atomic E-state index is 13.4. The standard InChI is InChI=1S/C14H18FNO2S/c1-10-6-7-16(13(10)14(17)18)8-9-19-12-5-3-2-4-11(12)15/h2-5,10,13H,6-9H2,1H3,(H,17,18). The second kappa shape index (κ2) is 6.39. The van der Waals surface area contributed by atoms with E-state index in [9.17, 15) is 14.3 Å². The molecule has 19 heavy (non-hydrogen) atoms. The Balaban J connectivity index is 1.86. The van der Waals surface area contributed by atoms with Crippen molar-refractivity contribution < 1.29 is 14.3 Å². The van der Waals surface area contributed by atoms with Crippen molar-refractivity contribution in [3.05, 3.63) is 30.1 Å². The van der Waals surface area contributed by atoms with Crippen LogP contribution in [0.1, 0.15) is 13.3 Å². The molecule has 0 saturated carbocycles. The van der Waals surface area contributed by atoms with Crippen molar-refractivity contribution in [1.82, 2.24) is 4.90 Å².